The Bertz CT molecular complexity index is 986. The van der Waals surface area contributed by atoms with Crippen molar-refractivity contribution in [2.24, 2.45) is 0 Å². The van der Waals surface area contributed by atoms with Crippen LogP contribution in [-0.4, -0.2) is 11.4 Å². The highest BCUT2D eigenvalue weighted by atomic mass is 19.4. The Hall–Kier alpha value is -3.02. The van der Waals surface area contributed by atoms with Gasteiger partial charge in [-0.15, -0.1) is 0 Å². The fourth-order valence-corrected chi connectivity index (χ4v) is 3.80. The first-order chi connectivity index (χ1) is 14.3. The maximum absolute atomic E-state index is 13.0. The number of hydrogen-bond donors (Lipinski definition) is 0. The van der Waals surface area contributed by atoms with Crippen molar-refractivity contribution in [1.82, 2.24) is 4.90 Å². The van der Waals surface area contributed by atoms with E-state index in [0.29, 0.717) is 5.56 Å². The molecule has 5 heteroatoms. The summed E-state index contributed by atoms with van der Waals surface area (Å²) >= 11 is 0. The number of halogens is 3. The standard InChI is InChI=1S/C25H23F3N2/c1-18(2)6-15-24(20-9-7-19(17-29)8-10-20)30-16-4-3-5-23(30)21-11-13-22(14-12-21)25(26,27)28/h7-14,23-24H,1,3-5,16H2,2H3/t23-,24+/m0/s1. The van der Waals surface area contributed by atoms with Gasteiger partial charge < -0.3 is 0 Å². The van der Waals surface area contributed by atoms with Crippen LogP contribution in [0.4, 0.5) is 13.2 Å². The summed E-state index contributed by atoms with van der Waals surface area (Å²) in [6.45, 7) is 6.49. The van der Waals surface area contributed by atoms with Gasteiger partial charge in [0.15, 0.2) is 0 Å². The lowest BCUT2D eigenvalue weighted by Crippen LogP contribution is -2.36. The molecule has 2 nitrogen and oxygen atoms in total. The van der Waals surface area contributed by atoms with Crippen LogP contribution in [0, 0.1) is 23.2 Å². The fraction of sp³-hybridized carbons (Fsp3) is 0.320. The first kappa shape index (κ1) is 21.7. The number of likely N-dealkylation sites (tertiary alicyclic amines) is 1. The number of alkyl halides is 3. The van der Waals surface area contributed by atoms with Gasteiger partial charge in [0.2, 0.25) is 0 Å². The fourth-order valence-electron chi connectivity index (χ4n) is 3.80. The maximum Gasteiger partial charge on any atom is 0.416 e. The SMILES string of the molecule is C=C(C)C#C[C@H](c1ccc(C#N)cc1)N1CCCC[C@H]1c1ccc(C(F)(F)F)cc1. The first-order valence-corrected chi connectivity index (χ1v) is 9.89. The molecule has 0 radical (unpaired) electrons. The molecule has 154 valence electrons. The zero-order valence-electron chi connectivity index (χ0n) is 16.8. The Morgan fingerprint density at radius 3 is 2.33 bits per heavy atom. The Morgan fingerprint density at radius 2 is 1.77 bits per heavy atom. The number of piperidine rings is 1. The lowest BCUT2D eigenvalue weighted by atomic mass is 9.91. The van der Waals surface area contributed by atoms with E-state index in [-0.39, 0.29) is 12.1 Å². The Labute approximate surface area is 175 Å². The zero-order valence-corrected chi connectivity index (χ0v) is 16.8. The molecule has 0 bridgehead atoms. The van der Waals surface area contributed by atoms with Gasteiger partial charge in [0.05, 0.1) is 23.2 Å². The van der Waals surface area contributed by atoms with Gasteiger partial charge in [-0.05, 0) is 60.7 Å². The van der Waals surface area contributed by atoms with Crippen molar-refractivity contribution >= 4 is 0 Å². The van der Waals surface area contributed by atoms with Gasteiger partial charge in [-0.3, -0.25) is 4.90 Å². The highest BCUT2D eigenvalue weighted by molar-refractivity contribution is 5.38. The maximum atomic E-state index is 13.0. The molecular weight excluding hydrogens is 385 g/mol. The molecule has 1 heterocycles. The second kappa shape index (κ2) is 9.20. The van der Waals surface area contributed by atoms with Gasteiger partial charge in [-0.2, -0.15) is 18.4 Å². The number of nitrogens with zero attached hydrogens (tertiary/aromatic N) is 2. The van der Waals surface area contributed by atoms with Crippen LogP contribution < -0.4 is 0 Å². The topological polar surface area (TPSA) is 27.0 Å². The van der Waals surface area contributed by atoms with Crippen molar-refractivity contribution in [3.8, 4) is 17.9 Å². The number of benzene rings is 2. The summed E-state index contributed by atoms with van der Waals surface area (Å²) in [6, 6.07) is 14.6. The molecule has 2 aromatic carbocycles. The van der Waals surface area contributed by atoms with Crippen LogP contribution in [0.15, 0.2) is 60.7 Å². The van der Waals surface area contributed by atoms with E-state index >= 15 is 0 Å². The van der Waals surface area contributed by atoms with Crippen molar-refractivity contribution in [2.45, 2.75) is 44.4 Å². The van der Waals surface area contributed by atoms with E-state index in [2.05, 4.69) is 29.4 Å². The average Bonchev–Trinajstić information content (AvgIpc) is 2.74. The number of allylic oxidation sites excluding steroid dienone is 1. The van der Waals surface area contributed by atoms with Crippen molar-refractivity contribution in [3.05, 3.63) is 82.9 Å². The first-order valence-electron chi connectivity index (χ1n) is 9.89. The Balaban J connectivity index is 1.98. The smallest absolute Gasteiger partial charge is 0.279 e. The van der Waals surface area contributed by atoms with Gasteiger partial charge in [0.1, 0.15) is 0 Å². The monoisotopic (exact) mass is 408 g/mol. The van der Waals surface area contributed by atoms with Crippen LogP contribution in [-0.2, 0) is 6.18 Å². The molecule has 1 fully saturated rings. The minimum absolute atomic E-state index is 0.0268. The summed E-state index contributed by atoms with van der Waals surface area (Å²) in [5.74, 6) is 6.36. The molecule has 0 amide bonds. The van der Waals surface area contributed by atoms with Crippen LogP contribution >= 0.6 is 0 Å². The quantitative estimate of drug-likeness (QED) is 0.548. The minimum atomic E-state index is -4.34. The number of hydrogen-bond acceptors (Lipinski definition) is 2. The average molecular weight is 408 g/mol. The van der Waals surface area contributed by atoms with Crippen LogP contribution in [0.2, 0.25) is 0 Å². The van der Waals surface area contributed by atoms with E-state index in [9.17, 15) is 13.2 Å². The molecule has 1 aliphatic heterocycles. The largest absolute Gasteiger partial charge is 0.416 e. The molecule has 3 rings (SSSR count). The second-order valence-corrected chi connectivity index (χ2v) is 7.56. The van der Waals surface area contributed by atoms with Crippen LogP contribution in [0.3, 0.4) is 0 Å². The zero-order chi connectivity index (χ0) is 21.7. The van der Waals surface area contributed by atoms with Crippen LogP contribution in [0.1, 0.15) is 60.5 Å². The molecule has 2 atom stereocenters. The highest BCUT2D eigenvalue weighted by Gasteiger charge is 2.33. The summed E-state index contributed by atoms with van der Waals surface area (Å²) in [4.78, 5) is 2.25. The van der Waals surface area contributed by atoms with Crippen molar-refractivity contribution in [3.63, 3.8) is 0 Å². The third-order valence-electron chi connectivity index (χ3n) is 5.28. The molecule has 2 aromatic rings. The van der Waals surface area contributed by atoms with E-state index in [1.165, 1.54) is 0 Å². The van der Waals surface area contributed by atoms with Gasteiger partial charge >= 0.3 is 6.18 Å². The van der Waals surface area contributed by atoms with Crippen molar-refractivity contribution in [2.75, 3.05) is 6.54 Å². The van der Waals surface area contributed by atoms with Crippen LogP contribution in [0.5, 0.6) is 0 Å². The molecule has 0 aliphatic carbocycles. The van der Waals surface area contributed by atoms with E-state index in [1.807, 2.05) is 19.1 Å². The third kappa shape index (κ3) is 5.12. The van der Waals surface area contributed by atoms with E-state index in [1.54, 1.807) is 24.3 Å². The molecule has 0 N–H and O–H groups in total. The summed E-state index contributed by atoms with van der Waals surface area (Å²) in [6.07, 6.45) is -1.48. The molecule has 30 heavy (non-hydrogen) atoms. The Morgan fingerprint density at radius 1 is 1.10 bits per heavy atom. The van der Waals surface area contributed by atoms with Gasteiger partial charge in [-0.25, -0.2) is 0 Å². The summed E-state index contributed by atoms with van der Waals surface area (Å²) < 4.78 is 38.9. The molecule has 0 spiro atoms. The molecule has 0 unspecified atom stereocenters. The lowest BCUT2D eigenvalue weighted by Gasteiger charge is -2.40. The summed E-state index contributed by atoms with van der Waals surface area (Å²) in [5, 5.41) is 9.08. The summed E-state index contributed by atoms with van der Waals surface area (Å²) in [7, 11) is 0. The van der Waals surface area contributed by atoms with Crippen molar-refractivity contribution in [1.29, 1.82) is 5.26 Å². The van der Waals surface area contributed by atoms with Gasteiger partial charge in [-0.1, -0.05) is 49.1 Å². The van der Waals surface area contributed by atoms with Gasteiger partial charge in [0.25, 0.3) is 0 Å². The van der Waals surface area contributed by atoms with Crippen molar-refractivity contribution < 1.29 is 13.2 Å². The molecule has 0 saturated carbocycles. The molecule has 1 saturated heterocycles. The number of rotatable bonds is 3. The molecule has 1 aliphatic rings. The third-order valence-corrected chi connectivity index (χ3v) is 5.28. The minimum Gasteiger partial charge on any atom is -0.279 e. The lowest BCUT2D eigenvalue weighted by molar-refractivity contribution is -0.137. The normalized spacial score (nSPS) is 18.0. The van der Waals surface area contributed by atoms with E-state index in [0.717, 1.165) is 54.6 Å². The van der Waals surface area contributed by atoms with Crippen LogP contribution in [0.25, 0.3) is 0 Å². The molecule has 0 aromatic heterocycles. The number of nitriles is 1. The van der Waals surface area contributed by atoms with E-state index in [4.69, 9.17) is 5.26 Å². The van der Waals surface area contributed by atoms with E-state index < -0.39 is 11.7 Å². The highest BCUT2D eigenvalue weighted by Crippen LogP contribution is 2.38. The predicted octanol–water partition coefficient (Wildman–Crippen LogP) is 6.42. The predicted molar refractivity (Wildman–Crippen MR) is 111 cm³/mol. The molecular formula is C25H23F3N2. The van der Waals surface area contributed by atoms with Gasteiger partial charge in [0, 0.05) is 12.6 Å². The Kier molecular flexibility index (Phi) is 6.65. The second-order valence-electron chi connectivity index (χ2n) is 7.56. The summed E-state index contributed by atoms with van der Waals surface area (Å²) in [5.41, 5.74) is 2.50.